The Morgan fingerprint density at radius 1 is 1.17 bits per heavy atom. The van der Waals surface area contributed by atoms with Gasteiger partial charge in [0.05, 0.1) is 13.2 Å². The molecular formula is C24H36N4O2. The molecule has 1 aromatic heterocycles. The van der Waals surface area contributed by atoms with Crippen molar-refractivity contribution in [3.8, 4) is 0 Å². The van der Waals surface area contributed by atoms with Crippen molar-refractivity contribution in [1.29, 1.82) is 0 Å². The summed E-state index contributed by atoms with van der Waals surface area (Å²) in [5.74, 6) is 0.808. The highest BCUT2D eigenvalue weighted by molar-refractivity contribution is 5.86. The summed E-state index contributed by atoms with van der Waals surface area (Å²) in [7, 11) is 0. The normalized spacial score (nSPS) is 21.4. The minimum atomic E-state index is 0.0702. The lowest BCUT2D eigenvalue weighted by Crippen LogP contribution is -2.44. The smallest absolute Gasteiger partial charge is 0.240 e. The third-order valence-corrected chi connectivity index (χ3v) is 6.25. The van der Waals surface area contributed by atoms with Crippen LogP contribution in [0.25, 0.3) is 10.9 Å². The molecule has 30 heavy (non-hydrogen) atoms. The summed E-state index contributed by atoms with van der Waals surface area (Å²) in [6, 6.07) is 8.63. The number of para-hydroxylation sites is 1. The second kappa shape index (κ2) is 9.94. The number of aromatic nitrogens is 1. The van der Waals surface area contributed by atoms with Gasteiger partial charge in [-0.15, -0.1) is 0 Å². The molecule has 2 aromatic rings. The second-order valence-corrected chi connectivity index (χ2v) is 9.18. The van der Waals surface area contributed by atoms with Crippen LogP contribution < -0.4 is 5.32 Å². The minimum Gasteiger partial charge on any atom is -0.379 e. The molecule has 2 fully saturated rings. The maximum absolute atomic E-state index is 12.3. The predicted octanol–water partition coefficient (Wildman–Crippen LogP) is 2.71. The lowest BCUT2D eigenvalue weighted by molar-refractivity contribution is -0.122. The van der Waals surface area contributed by atoms with E-state index in [1.165, 1.54) is 30.3 Å². The molecule has 1 N–H and O–H groups in total. The van der Waals surface area contributed by atoms with Gasteiger partial charge < -0.3 is 14.6 Å². The summed E-state index contributed by atoms with van der Waals surface area (Å²) in [4.78, 5) is 17.5. The molecular weight excluding hydrogens is 376 g/mol. The molecule has 0 saturated carbocycles. The van der Waals surface area contributed by atoms with Crippen LogP contribution in [0.15, 0.2) is 30.5 Å². The van der Waals surface area contributed by atoms with Crippen LogP contribution in [0.4, 0.5) is 0 Å². The monoisotopic (exact) mass is 412 g/mol. The van der Waals surface area contributed by atoms with E-state index in [-0.39, 0.29) is 11.9 Å². The zero-order valence-electron chi connectivity index (χ0n) is 18.5. The van der Waals surface area contributed by atoms with E-state index >= 15 is 0 Å². The van der Waals surface area contributed by atoms with Crippen molar-refractivity contribution >= 4 is 16.8 Å². The van der Waals surface area contributed by atoms with Crippen LogP contribution in [-0.2, 0) is 22.6 Å². The highest BCUT2D eigenvalue weighted by atomic mass is 16.5. The van der Waals surface area contributed by atoms with Crippen molar-refractivity contribution in [3.05, 3.63) is 36.0 Å². The van der Waals surface area contributed by atoms with Crippen molar-refractivity contribution < 1.29 is 9.53 Å². The fourth-order valence-electron chi connectivity index (χ4n) is 4.94. The standard InChI is InChI=1S/C24H36N4O2/c1-19(2)25-24(29)18-28-17-21(22-7-3-4-8-23(22)28)16-27-9-5-6-20(15-27)14-26-10-12-30-13-11-26/h3-4,7-8,17,19-20H,5-6,9-16,18H2,1-2H3,(H,25,29)/t20-/m1/s1. The topological polar surface area (TPSA) is 49.7 Å². The molecule has 1 aromatic carbocycles. The lowest BCUT2D eigenvalue weighted by atomic mass is 9.96. The molecule has 0 unspecified atom stereocenters. The Morgan fingerprint density at radius 3 is 2.77 bits per heavy atom. The fourth-order valence-corrected chi connectivity index (χ4v) is 4.94. The third kappa shape index (κ3) is 5.42. The molecule has 0 bridgehead atoms. The molecule has 1 amide bonds. The first-order valence-electron chi connectivity index (χ1n) is 11.5. The summed E-state index contributed by atoms with van der Waals surface area (Å²) >= 11 is 0. The van der Waals surface area contributed by atoms with Crippen molar-refractivity contribution in [2.45, 2.75) is 45.8 Å². The van der Waals surface area contributed by atoms with Crippen LogP contribution in [0, 0.1) is 5.92 Å². The third-order valence-electron chi connectivity index (χ3n) is 6.25. The van der Waals surface area contributed by atoms with Gasteiger partial charge in [0, 0.05) is 55.9 Å². The summed E-state index contributed by atoms with van der Waals surface area (Å²) in [6.45, 7) is 12.7. The number of hydrogen-bond donors (Lipinski definition) is 1. The number of hydrogen-bond acceptors (Lipinski definition) is 4. The van der Waals surface area contributed by atoms with Crippen LogP contribution in [0.5, 0.6) is 0 Å². The number of nitrogens with one attached hydrogen (secondary N) is 1. The SMILES string of the molecule is CC(C)NC(=O)Cn1cc(CN2CCC[C@H](CN3CCOCC3)C2)c2ccccc21. The molecule has 2 aliphatic rings. The van der Waals surface area contributed by atoms with E-state index in [1.807, 2.05) is 13.8 Å². The lowest BCUT2D eigenvalue weighted by Gasteiger charge is -2.36. The van der Waals surface area contributed by atoms with E-state index in [4.69, 9.17) is 4.74 Å². The van der Waals surface area contributed by atoms with Gasteiger partial charge >= 0.3 is 0 Å². The summed E-state index contributed by atoms with van der Waals surface area (Å²) in [5.41, 5.74) is 2.48. The van der Waals surface area contributed by atoms with Crippen molar-refractivity contribution in [1.82, 2.24) is 19.7 Å². The Labute approximate surface area is 180 Å². The van der Waals surface area contributed by atoms with Gasteiger partial charge in [0.15, 0.2) is 0 Å². The second-order valence-electron chi connectivity index (χ2n) is 9.18. The van der Waals surface area contributed by atoms with Gasteiger partial charge in [0.1, 0.15) is 6.54 Å². The summed E-state index contributed by atoms with van der Waals surface area (Å²) < 4.78 is 7.61. The van der Waals surface area contributed by atoms with Crippen LogP contribution in [0.3, 0.4) is 0 Å². The van der Waals surface area contributed by atoms with Gasteiger partial charge in [-0.1, -0.05) is 18.2 Å². The molecule has 0 aliphatic carbocycles. The molecule has 0 radical (unpaired) electrons. The van der Waals surface area contributed by atoms with Gasteiger partial charge in [-0.25, -0.2) is 0 Å². The quantitative estimate of drug-likeness (QED) is 0.760. The Bertz CT molecular complexity index is 841. The number of ether oxygens (including phenoxy) is 1. The minimum absolute atomic E-state index is 0.0702. The highest BCUT2D eigenvalue weighted by Gasteiger charge is 2.24. The molecule has 6 heteroatoms. The number of carbonyl (C=O) groups excluding carboxylic acids is 1. The molecule has 4 rings (SSSR count). The first kappa shape index (κ1) is 21.3. The van der Waals surface area contributed by atoms with Crippen LogP contribution >= 0.6 is 0 Å². The summed E-state index contributed by atoms with van der Waals surface area (Å²) in [6.07, 6.45) is 4.78. The number of fused-ring (bicyclic) bond motifs is 1. The van der Waals surface area contributed by atoms with E-state index in [0.29, 0.717) is 6.54 Å². The van der Waals surface area contributed by atoms with Gasteiger partial charge in [-0.3, -0.25) is 14.6 Å². The molecule has 164 valence electrons. The zero-order valence-corrected chi connectivity index (χ0v) is 18.5. The van der Waals surface area contributed by atoms with Crippen molar-refractivity contribution in [2.75, 3.05) is 45.9 Å². The average Bonchev–Trinajstić information content (AvgIpc) is 3.06. The summed E-state index contributed by atoms with van der Waals surface area (Å²) in [5, 5.41) is 4.28. The van der Waals surface area contributed by atoms with Crippen LogP contribution in [0.2, 0.25) is 0 Å². The van der Waals surface area contributed by atoms with E-state index < -0.39 is 0 Å². The Morgan fingerprint density at radius 2 is 1.97 bits per heavy atom. The first-order chi connectivity index (χ1) is 14.6. The predicted molar refractivity (Wildman–Crippen MR) is 120 cm³/mol. The van der Waals surface area contributed by atoms with Crippen LogP contribution in [0.1, 0.15) is 32.3 Å². The van der Waals surface area contributed by atoms with E-state index in [9.17, 15) is 4.79 Å². The van der Waals surface area contributed by atoms with Gasteiger partial charge in [-0.2, -0.15) is 0 Å². The average molecular weight is 413 g/mol. The number of nitrogens with zero attached hydrogens (tertiary/aromatic N) is 3. The van der Waals surface area contributed by atoms with Crippen molar-refractivity contribution in [3.63, 3.8) is 0 Å². The van der Waals surface area contributed by atoms with Gasteiger partial charge in [-0.05, 0) is 50.8 Å². The van der Waals surface area contributed by atoms with E-state index in [2.05, 4.69) is 50.1 Å². The van der Waals surface area contributed by atoms with E-state index in [1.54, 1.807) is 0 Å². The zero-order chi connectivity index (χ0) is 20.9. The maximum atomic E-state index is 12.3. The van der Waals surface area contributed by atoms with Crippen LogP contribution in [-0.4, -0.2) is 72.3 Å². The van der Waals surface area contributed by atoms with E-state index in [0.717, 1.165) is 57.4 Å². The Hall–Kier alpha value is -1.89. The number of amides is 1. The largest absolute Gasteiger partial charge is 0.379 e. The maximum Gasteiger partial charge on any atom is 0.240 e. The van der Waals surface area contributed by atoms with Gasteiger partial charge in [0.25, 0.3) is 0 Å². The number of rotatable bonds is 7. The number of carbonyl (C=O) groups is 1. The molecule has 3 heterocycles. The molecule has 1 atom stereocenters. The number of likely N-dealkylation sites (tertiary alicyclic amines) is 1. The molecule has 6 nitrogen and oxygen atoms in total. The molecule has 2 saturated heterocycles. The molecule has 2 aliphatic heterocycles. The Balaban J connectivity index is 1.43. The fraction of sp³-hybridized carbons (Fsp3) is 0.625. The molecule has 0 spiro atoms. The first-order valence-corrected chi connectivity index (χ1v) is 11.5. The Kier molecular flexibility index (Phi) is 7.08. The number of benzene rings is 1. The number of morpholine rings is 1. The van der Waals surface area contributed by atoms with Gasteiger partial charge in [0.2, 0.25) is 5.91 Å². The van der Waals surface area contributed by atoms with Crippen molar-refractivity contribution in [2.24, 2.45) is 5.92 Å². The highest BCUT2D eigenvalue weighted by Crippen LogP contribution is 2.25. The number of piperidine rings is 1.